The molecule has 3 rings (SSSR count). The molecule has 0 unspecified atom stereocenters. The monoisotopic (exact) mass is 440 g/mol. The number of allylic oxidation sites excluding steroid dienone is 1. The number of carbonyl (C=O) groups is 1. The molecule has 168 valence electrons. The summed E-state index contributed by atoms with van der Waals surface area (Å²) in [6, 6.07) is 16.1. The van der Waals surface area contributed by atoms with Crippen LogP contribution in [0, 0.1) is 18.6 Å². The largest absolute Gasteiger partial charge is 0.455 e. The van der Waals surface area contributed by atoms with Gasteiger partial charge in [-0.05, 0) is 42.7 Å². The summed E-state index contributed by atoms with van der Waals surface area (Å²) in [6.07, 6.45) is 1.83. The fourth-order valence-electron chi connectivity index (χ4n) is 3.01. The third-order valence-electron chi connectivity index (χ3n) is 4.64. The van der Waals surface area contributed by atoms with E-state index in [0.29, 0.717) is 17.5 Å². The van der Waals surface area contributed by atoms with Gasteiger partial charge < -0.3 is 4.74 Å². The van der Waals surface area contributed by atoms with E-state index < -0.39 is 30.0 Å². The van der Waals surface area contributed by atoms with Gasteiger partial charge in [-0.15, -0.1) is 0 Å². The minimum atomic E-state index is -0.963. The number of aryl methyl sites for hydroxylation is 1. The van der Waals surface area contributed by atoms with Gasteiger partial charge in [0.25, 0.3) is 0 Å². The number of rotatable bonds is 6. The van der Waals surface area contributed by atoms with E-state index in [1.165, 1.54) is 42.5 Å². The summed E-state index contributed by atoms with van der Waals surface area (Å²) in [4.78, 5) is 12.0. The first-order valence-electron chi connectivity index (χ1n) is 10.6. The highest BCUT2D eigenvalue weighted by molar-refractivity contribution is 5.90. The number of ether oxygens (including phenoxy) is 1. The van der Waals surface area contributed by atoms with E-state index in [4.69, 9.17) is 4.74 Å². The zero-order valence-electron chi connectivity index (χ0n) is 18.7. The Labute approximate surface area is 187 Å². The minimum Gasteiger partial charge on any atom is -0.455 e. The molecule has 0 atom stereocenters. The normalized spacial score (nSPS) is 10.9. The Morgan fingerprint density at radius 2 is 1.31 bits per heavy atom. The first-order valence-corrected chi connectivity index (χ1v) is 10.6. The second kappa shape index (κ2) is 11.9. The van der Waals surface area contributed by atoms with Crippen LogP contribution in [-0.2, 0) is 4.74 Å². The van der Waals surface area contributed by atoms with Crippen LogP contribution in [0.2, 0.25) is 0 Å². The van der Waals surface area contributed by atoms with Gasteiger partial charge in [0.15, 0.2) is 11.6 Å². The molecule has 5 heteroatoms. The van der Waals surface area contributed by atoms with Crippen molar-refractivity contribution in [3.63, 3.8) is 0 Å². The molecule has 0 N–H and O–H groups in total. The third kappa shape index (κ3) is 6.10. The van der Waals surface area contributed by atoms with Crippen molar-refractivity contribution >= 4 is 5.97 Å². The van der Waals surface area contributed by atoms with Gasteiger partial charge >= 0.3 is 5.97 Å². The zero-order valence-corrected chi connectivity index (χ0v) is 18.7. The maximum Gasteiger partial charge on any atom is 0.338 e. The molecule has 0 saturated carbocycles. The van der Waals surface area contributed by atoms with Crippen LogP contribution in [0.25, 0.3) is 22.3 Å². The Morgan fingerprint density at radius 3 is 1.78 bits per heavy atom. The SMILES string of the molecule is CC.CC/C=C(/F)COC(=O)c1ccc(-c2ccc(-c3ccc(C)cc3)c(F)c2F)cc1. The molecule has 0 aliphatic rings. The first kappa shape index (κ1) is 24.9. The molecule has 0 heterocycles. The molecule has 3 aromatic rings. The summed E-state index contributed by atoms with van der Waals surface area (Å²) in [5.74, 6) is -3.11. The summed E-state index contributed by atoms with van der Waals surface area (Å²) in [6.45, 7) is 7.26. The lowest BCUT2D eigenvalue weighted by Crippen LogP contribution is -2.06. The number of hydrogen-bond donors (Lipinski definition) is 0. The Hall–Kier alpha value is -3.34. The first-order chi connectivity index (χ1) is 15.4. The summed E-state index contributed by atoms with van der Waals surface area (Å²) in [5, 5.41) is 0. The van der Waals surface area contributed by atoms with Crippen LogP contribution in [0.4, 0.5) is 13.2 Å². The van der Waals surface area contributed by atoms with Crippen LogP contribution >= 0.6 is 0 Å². The molecule has 32 heavy (non-hydrogen) atoms. The van der Waals surface area contributed by atoms with Gasteiger partial charge in [-0.2, -0.15) is 0 Å². The highest BCUT2D eigenvalue weighted by atomic mass is 19.2. The maximum atomic E-state index is 14.7. The minimum absolute atomic E-state index is 0.0835. The van der Waals surface area contributed by atoms with Crippen LogP contribution in [0.5, 0.6) is 0 Å². The lowest BCUT2D eigenvalue weighted by molar-refractivity contribution is 0.0520. The highest BCUT2D eigenvalue weighted by Crippen LogP contribution is 2.31. The van der Waals surface area contributed by atoms with E-state index >= 15 is 0 Å². The Balaban J connectivity index is 0.00000176. The standard InChI is InChI=1S/C25H21F3O2.C2H6/c1-3-4-20(26)15-30-25(29)19-11-9-18(10-12-19)22-14-13-21(23(27)24(22)28)17-7-5-16(2)6-8-17;1-2/h4-14H,3,15H2,1-2H3;1-2H3/b20-4+;. The highest BCUT2D eigenvalue weighted by Gasteiger charge is 2.16. The van der Waals surface area contributed by atoms with Gasteiger partial charge in [-0.1, -0.05) is 74.9 Å². The molecule has 0 radical (unpaired) electrons. The van der Waals surface area contributed by atoms with Crippen LogP contribution in [0.1, 0.15) is 43.1 Å². The Kier molecular flexibility index (Phi) is 9.26. The van der Waals surface area contributed by atoms with Crippen molar-refractivity contribution in [1.82, 2.24) is 0 Å². The van der Waals surface area contributed by atoms with E-state index in [1.807, 2.05) is 32.9 Å². The van der Waals surface area contributed by atoms with Gasteiger partial charge in [-0.25, -0.2) is 18.0 Å². The number of benzene rings is 3. The van der Waals surface area contributed by atoms with E-state index in [-0.39, 0.29) is 16.7 Å². The summed E-state index contributed by atoms with van der Waals surface area (Å²) in [7, 11) is 0. The maximum absolute atomic E-state index is 14.7. The fraction of sp³-hybridized carbons (Fsp3) is 0.222. The van der Waals surface area contributed by atoms with Crippen molar-refractivity contribution in [2.75, 3.05) is 6.61 Å². The fourth-order valence-corrected chi connectivity index (χ4v) is 3.01. The Morgan fingerprint density at radius 1 is 0.844 bits per heavy atom. The average molecular weight is 441 g/mol. The molecule has 0 spiro atoms. The van der Waals surface area contributed by atoms with Gasteiger partial charge in [0.2, 0.25) is 0 Å². The van der Waals surface area contributed by atoms with E-state index in [2.05, 4.69) is 0 Å². The zero-order chi connectivity index (χ0) is 23.7. The average Bonchev–Trinajstić information content (AvgIpc) is 2.82. The van der Waals surface area contributed by atoms with Crippen LogP contribution in [-0.4, -0.2) is 12.6 Å². The van der Waals surface area contributed by atoms with Gasteiger partial charge in [0.1, 0.15) is 12.4 Å². The van der Waals surface area contributed by atoms with Crippen molar-refractivity contribution in [2.45, 2.75) is 34.1 Å². The van der Waals surface area contributed by atoms with Crippen molar-refractivity contribution < 1.29 is 22.7 Å². The second-order valence-corrected chi connectivity index (χ2v) is 6.87. The summed E-state index contributed by atoms with van der Waals surface area (Å²) < 4.78 is 47.6. The van der Waals surface area contributed by atoms with Crippen LogP contribution in [0.15, 0.2) is 72.6 Å². The number of hydrogen-bond acceptors (Lipinski definition) is 2. The van der Waals surface area contributed by atoms with Crippen molar-refractivity contribution in [1.29, 1.82) is 0 Å². The predicted octanol–water partition coefficient (Wildman–Crippen LogP) is 8.05. The molecular formula is C27H27F3O2. The van der Waals surface area contributed by atoms with Crippen molar-refractivity contribution in [3.8, 4) is 22.3 Å². The van der Waals surface area contributed by atoms with E-state index in [0.717, 1.165) is 5.56 Å². The lowest BCUT2D eigenvalue weighted by atomic mass is 9.98. The molecule has 0 aliphatic heterocycles. The van der Waals surface area contributed by atoms with E-state index in [1.54, 1.807) is 19.1 Å². The Bertz CT molecular complexity index is 1070. The number of halogens is 3. The topological polar surface area (TPSA) is 26.3 Å². The van der Waals surface area contributed by atoms with Gasteiger partial charge in [-0.3, -0.25) is 0 Å². The van der Waals surface area contributed by atoms with E-state index in [9.17, 15) is 18.0 Å². The summed E-state index contributed by atoms with van der Waals surface area (Å²) in [5.41, 5.74) is 2.49. The second-order valence-electron chi connectivity index (χ2n) is 6.87. The van der Waals surface area contributed by atoms with Crippen molar-refractivity contribution in [3.05, 3.63) is 95.3 Å². The third-order valence-corrected chi connectivity index (χ3v) is 4.64. The van der Waals surface area contributed by atoms with Crippen molar-refractivity contribution in [2.24, 2.45) is 0 Å². The number of esters is 1. The lowest BCUT2D eigenvalue weighted by Gasteiger charge is -2.10. The smallest absolute Gasteiger partial charge is 0.338 e. The van der Waals surface area contributed by atoms with Gasteiger partial charge in [0, 0.05) is 11.1 Å². The molecule has 0 amide bonds. The predicted molar refractivity (Wildman–Crippen MR) is 123 cm³/mol. The molecule has 0 fully saturated rings. The molecule has 3 aromatic carbocycles. The molecular weight excluding hydrogens is 413 g/mol. The molecule has 0 saturated heterocycles. The number of carbonyl (C=O) groups excluding carboxylic acids is 1. The molecule has 2 nitrogen and oxygen atoms in total. The quantitative estimate of drug-likeness (QED) is 0.362. The van der Waals surface area contributed by atoms with Crippen LogP contribution < -0.4 is 0 Å². The molecule has 0 bridgehead atoms. The van der Waals surface area contributed by atoms with Gasteiger partial charge in [0.05, 0.1) is 5.56 Å². The summed E-state index contributed by atoms with van der Waals surface area (Å²) >= 11 is 0. The molecule has 0 aliphatic carbocycles. The van der Waals surface area contributed by atoms with Crippen LogP contribution in [0.3, 0.4) is 0 Å². The molecule has 0 aromatic heterocycles.